The maximum atomic E-state index is 5.77. The average molecular weight is 197 g/mol. The van der Waals surface area contributed by atoms with Gasteiger partial charge in [-0.2, -0.15) is 0 Å². The van der Waals surface area contributed by atoms with Crippen LogP contribution in [0, 0.1) is 5.92 Å². The first kappa shape index (κ1) is 10.4. The second-order valence-corrected chi connectivity index (χ2v) is 5.35. The van der Waals surface area contributed by atoms with Crippen molar-refractivity contribution in [1.29, 1.82) is 0 Å². The Labute approximate surface area is 87.4 Å². The smallest absolute Gasteiger partial charge is 0.0649 e. The molecule has 82 valence electrons. The standard InChI is InChI=1S/C12H23NO/c1-10(2)11-8-14-9-12(13-11)6-4-3-5-7-12/h10-11,13H,3-9H2,1-2H3/t11-/m1/s1. The van der Waals surface area contributed by atoms with Gasteiger partial charge in [0.25, 0.3) is 0 Å². The summed E-state index contributed by atoms with van der Waals surface area (Å²) in [6.07, 6.45) is 6.80. The van der Waals surface area contributed by atoms with Gasteiger partial charge in [0.15, 0.2) is 0 Å². The van der Waals surface area contributed by atoms with E-state index >= 15 is 0 Å². The molecule has 2 heteroatoms. The van der Waals surface area contributed by atoms with Crippen molar-refractivity contribution in [3.8, 4) is 0 Å². The molecule has 1 aliphatic heterocycles. The molecule has 2 fully saturated rings. The van der Waals surface area contributed by atoms with Gasteiger partial charge in [0.1, 0.15) is 0 Å². The first-order valence-corrected chi connectivity index (χ1v) is 6.07. The third-order valence-corrected chi connectivity index (χ3v) is 3.78. The maximum Gasteiger partial charge on any atom is 0.0649 e. The molecule has 0 bridgehead atoms. The highest BCUT2D eigenvalue weighted by Gasteiger charge is 2.37. The molecule has 1 N–H and O–H groups in total. The van der Waals surface area contributed by atoms with E-state index in [1.54, 1.807) is 0 Å². The highest BCUT2D eigenvalue weighted by atomic mass is 16.5. The fourth-order valence-corrected chi connectivity index (χ4v) is 2.73. The Hall–Kier alpha value is -0.0800. The van der Waals surface area contributed by atoms with Crippen LogP contribution in [0.3, 0.4) is 0 Å². The van der Waals surface area contributed by atoms with Crippen LogP contribution < -0.4 is 5.32 Å². The molecule has 2 rings (SSSR count). The Morgan fingerprint density at radius 1 is 1.21 bits per heavy atom. The van der Waals surface area contributed by atoms with E-state index in [-0.39, 0.29) is 0 Å². The number of hydrogen-bond acceptors (Lipinski definition) is 2. The molecule has 1 aliphatic carbocycles. The predicted octanol–water partition coefficient (Wildman–Crippen LogP) is 2.33. The summed E-state index contributed by atoms with van der Waals surface area (Å²) < 4.78 is 5.77. The summed E-state index contributed by atoms with van der Waals surface area (Å²) in [5.74, 6) is 0.689. The van der Waals surface area contributed by atoms with E-state index in [4.69, 9.17) is 4.74 Å². The summed E-state index contributed by atoms with van der Waals surface area (Å²) in [5.41, 5.74) is 0.339. The molecule has 2 nitrogen and oxygen atoms in total. The molecule has 2 aliphatic rings. The van der Waals surface area contributed by atoms with Gasteiger partial charge in [-0.3, -0.25) is 0 Å². The van der Waals surface area contributed by atoms with Gasteiger partial charge in [-0.15, -0.1) is 0 Å². The van der Waals surface area contributed by atoms with Crippen LogP contribution in [0.25, 0.3) is 0 Å². The number of ether oxygens (including phenoxy) is 1. The Morgan fingerprint density at radius 3 is 2.57 bits per heavy atom. The Balaban J connectivity index is 1.97. The van der Waals surface area contributed by atoms with Gasteiger partial charge in [-0.25, -0.2) is 0 Å². The molecular formula is C12H23NO. The molecule has 0 amide bonds. The molecule has 14 heavy (non-hydrogen) atoms. The third-order valence-electron chi connectivity index (χ3n) is 3.78. The van der Waals surface area contributed by atoms with Crippen molar-refractivity contribution in [2.75, 3.05) is 13.2 Å². The van der Waals surface area contributed by atoms with Gasteiger partial charge in [0.05, 0.1) is 13.2 Å². The van der Waals surface area contributed by atoms with E-state index in [0.29, 0.717) is 17.5 Å². The van der Waals surface area contributed by atoms with E-state index < -0.39 is 0 Å². The number of hydrogen-bond donors (Lipinski definition) is 1. The van der Waals surface area contributed by atoms with E-state index in [9.17, 15) is 0 Å². The van der Waals surface area contributed by atoms with Crippen molar-refractivity contribution < 1.29 is 4.74 Å². The maximum absolute atomic E-state index is 5.77. The molecule has 1 saturated heterocycles. The molecular weight excluding hydrogens is 174 g/mol. The monoisotopic (exact) mass is 197 g/mol. The van der Waals surface area contributed by atoms with Crippen molar-refractivity contribution in [3.05, 3.63) is 0 Å². The van der Waals surface area contributed by atoms with Gasteiger partial charge < -0.3 is 10.1 Å². The van der Waals surface area contributed by atoms with Crippen molar-refractivity contribution in [1.82, 2.24) is 5.32 Å². The number of rotatable bonds is 1. The molecule has 0 unspecified atom stereocenters. The lowest BCUT2D eigenvalue weighted by Crippen LogP contribution is -2.61. The highest BCUT2D eigenvalue weighted by molar-refractivity contribution is 4.96. The van der Waals surface area contributed by atoms with Gasteiger partial charge in [0.2, 0.25) is 0 Å². The van der Waals surface area contributed by atoms with Gasteiger partial charge in [-0.05, 0) is 18.8 Å². The summed E-state index contributed by atoms with van der Waals surface area (Å²) in [5, 5.41) is 3.84. The van der Waals surface area contributed by atoms with E-state index in [1.807, 2.05) is 0 Å². The zero-order valence-corrected chi connectivity index (χ0v) is 9.51. The summed E-state index contributed by atoms with van der Waals surface area (Å²) >= 11 is 0. The second-order valence-electron chi connectivity index (χ2n) is 5.35. The predicted molar refractivity (Wildman–Crippen MR) is 58.4 cm³/mol. The summed E-state index contributed by atoms with van der Waals surface area (Å²) in [4.78, 5) is 0. The summed E-state index contributed by atoms with van der Waals surface area (Å²) in [6.45, 7) is 6.40. The largest absolute Gasteiger partial charge is 0.378 e. The van der Waals surface area contributed by atoms with Crippen LogP contribution in [0.15, 0.2) is 0 Å². The van der Waals surface area contributed by atoms with Crippen LogP contribution in [0.1, 0.15) is 46.0 Å². The summed E-state index contributed by atoms with van der Waals surface area (Å²) in [6, 6.07) is 0.571. The lowest BCUT2D eigenvalue weighted by Gasteiger charge is -2.45. The lowest BCUT2D eigenvalue weighted by atomic mass is 9.80. The Bertz CT molecular complexity index is 179. The van der Waals surface area contributed by atoms with Crippen LogP contribution in [0.4, 0.5) is 0 Å². The minimum Gasteiger partial charge on any atom is -0.378 e. The summed E-state index contributed by atoms with van der Waals surface area (Å²) in [7, 11) is 0. The zero-order chi connectivity index (χ0) is 10.0. The van der Waals surface area contributed by atoms with Crippen molar-refractivity contribution in [2.24, 2.45) is 5.92 Å². The highest BCUT2D eigenvalue weighted by Crippen LogP contribution is 2.31. The van der Waals surface area contributed by atoms with E-state index in [2.05, 4.69) is 19.2 Å². The van der Waals surface area contributed by atoms with E-state index in [1.165, 1.54) is 32.1 Å². The second kappa shape index (κ2) is 4.19. The molecule has 0 aromatic carbocycles. The number of morpholine rings is 1. The molecule has 1 heterocycles. The quantitative estimate of drug-likeness (QED) is 0.696. The van der Waals surface area contributed by atoms with Crippen molar-refractivity contribution in [2.45, 2.75) is 57.5 Å². The Morgan fingerprint density at radius 2 is 1.93 bits per heavy atom. The van der Waals surface area contributed by atoms with Gasteiger partial charge in [0, 0.05) is 11.6 Å². The fourth-order valence-electron chi connectivity index (χ4n) is 2.73. The first-order valence-electron chi connectivity index (χ1n) is 6.07. The Kier molecular flexibility index (Phi) is 3.13. The molecule has 1 atom stereocenters. The topological polar surface area (TPSA) is 21.3 Å². The van der Waals surface area contributed by atoms with Crippen molar-refractivity contribution in [3.63, 3.8) is 0 Å². The first-order chi connectivity index (χ1) is 6.72. The number of nitrogens with one attached hydrogen (secondary N) is 1. The van der Waals surface area contributed by atoms with Gasteiger partial charge in [-0.1, -0.05) is 33.1 Å². The van der Waals surface area contributed by atoms with Crippen LogP contribution in [0.2, 0.25) is 0 Å². The third kappa shape index (κ3) is 2.12. The minimum absolute atomic E-state index is 0.339. The average Bonchev–Trinajstić information content (AvgIpc) is 2.19. The van der Waals surface area contributed by atoms with Crippen LogP contribution in [-0.2, 0) is 4.74 Å². The zero-order valence-electron chi connectivity index (χ0n) is 9.51. The van der Waals surface area contributed by atoms with Gasteiger partial charge >= 0.3 is 0 Å². The molecule has 0 aromatic heterocycles. The SMILES string of the molecule is CC(C)[C@H]1COCC2(CCCCC2)N1. The molecule has 1 saturated carbocycles. The fraction of sp³-hybridized carbons (Fsp3) is 1.00. The van der Waals surface area contributed by atoms with Crippen LogP contribution >= 0.6 is 0 Å². The molecule has 1 spiro atoms. The normalized spacial score (nSPS) is 32.4. The van der Waals surface area contributed by atoms with Crippen LogP contribution in [-0.4, -0.2) is 24.8 Å². The molecule has 0 aromatic rings. The molecule has 0 radical (unpaired) electrons. The minimum atomic E-state index is 0.339. The van der Waals surface area contributed by atoms with E-state index in [0.717, 1.165) is 13.2 Å². The lowest BCUT2D eigenvalue weighted by molar-refractivity contribution is -0.0278. The van der Waals surface area contributed by atoms with Crippen molar-refractivity contribution >= 4 is 0 Å². The van der Waals surface area contributed by atoms with Crippen LogP contribution in [0.5, 0.6) is 0 Å².